The minimum absolute atomic E-state index is 0.282. The van der Waals surface area contributed by atoms with Gasteiger partial charge in [0.1, 0.15) is 23.0 Å². The van der Waals surface area contributed by atoms with Gasteiger partial charge in [0.15, 0.2) is 5.65 Å². The van der Waals surface area contributed by atoms with Gasteiger partial charge in [0, 0.05) is 43.4 Å². The fraction of sp³-hybridized carbons (Fsp3) is 0.150. The van der Waals surface area contributed by atoms with Gasteiger partial charge in [0.25, 0.3) is 0 Å². The van der Waals surface area contributed by atoms with Gasteiger partial charge in [-0.1, -0.05) is 18.0 Å². The van der Waals surface area contributed by atoms with E-state index in [-0.39, 0.29) is 5.82 Å². The van der Waals surface area contributed by atoms with E-state index < -0.39 is 0 Å². The van der Waals surface area contributed by atoms with E-state index in [4.69, 9.17) is 0 Å². The van der Waals surface area contributed by atoms with Crippen LogP contribution in [-0.2, 0) is 6.54 Å². The summed E-state index contributed by atoms with van der Waals surface area (Å²) in [7, 11) is 1.99. The number of pyridine rings is 2. The largest absolute Gasteiger partial charge is 0.378 e. The first-order valence-electron chi connectivity index (χ1n) is 8.82. The molecule has 0 saturated carbocycles. The van der Waals surface area contributed by atoms with Crippen LogP contribution in [0, 0.1) is 5.82 Å². The van der Waals surface area contributed by atoms with E-state index in [1.807, 2.05) is 29.7 Å². The van der Waals surface area contributed by atoms with Gasteiger partial charge in [0.2, 0.25) is 0 Å². The molecule has 6 nitrogen and oxygen atoms in total. The van der Waals surface area contributed by atoms with Crippen LogP contribution in [0.3, 0.4) is 0 Å². The number of nitrogens with one attached hydrogen (secondary N) is 2. The van der Waals surface area contributed by atoms with E-state index in [0.717, 1.165) is 32.6 Å². The molecule has 2 N–H and O–H groups in total. The minimum Gasteiger partial charge on any atom is -0.378 e. The summed E-state index contributed by atoms with van der Waals surface area (Å²) in [6.07, 6.45) is 5.52. The molecule has 0 radical (unpaired) electrons. The van der Waals surface area contributed by atoms with Crippen molar-refractivity contribution in [2.24, 2.45) is 0 Å². The molecule has 3 heterocycles. The molecule has 0 unspecified atom stereocenters. The van der Waals surface area contributed by atoms with Crippen LogP contribution in [0.25, 0.3) is 22.6 Å². The molecule has 0 atom stereocenters. The van der Waals surface area contributed by atoms with Gasteiger partial charge in [-0.05, 0) is 46.3 Å². The fourth-order valence-corrected chi connectivity index (χ4v) is 3.75. The smallest absolute Gasteiger partial charge is 0.180 e. The van der Waals surface area contributed by atoms with Gasteiger partial charge in [0.05, 0.1) is 10.2 Å². The summed E-state index contributed by atoms with van der Waals surface area (Å²) in [5, 5.41) is 3.47. The van der Waals surface area contributed by atoms with Crippen molar-refractivity contribution in [3.05, 3.63) is 64.6 Å². The second-order valence-electron chi connectivity index (χ2n) is 6.29. The molecule has 4 rings (SSSR count). The molecule has 0 saturated heterocycles. The highest BCUT2D eigenvalue weighted by atomic mass is 79.9. The van der Waals surface area contributed by atoms with Gasteiger partial charge in [-0.3, -0.25) is 0 Å². The van der Waals surface area contributed by atoms with Crippen LogP contribution >= 0.6 is 27.9 Å². The molecule has 3 aromatic heterocycles. The molecule has 148 valence electrons. The van der Waals surface area contributed by atoms with Crippen LogP contribution in [0.4, 0.5) is 15.9 Å². The third-order valence-electron chi connectivity index (χ3n) is 4.49. The molecule has 0 aliphatic heterocycles. The lowest BCUT2D eigenvalue weighted by Gasteiger charge is -2.18. The summed E-state index contributed by atoms with van der Waals surface area (Å²) in [4.78, 5) is 16.7. The first-order chi connectivity index (χ1) is 14.1. The highest BCUT2D eigenvalue weighted by molar-refractivity contribution is 9.10. The van der Waals surface area contributed by atoms with E-state index in [1.54, 1.807) is 36.5 Å². The van der Waals surface area contributed by atoms with Gasteiger partial charge < -0.3 is 14.6 Å². The van der Waals surface area contributed by atoms with Crippen molar-refractivity contribution in [3.8, 4) is 11.4 Å². The zero-order valence-electron chi connectivity index (χ0n) is 15.8. The summed E-state index contributed by atoms with van der Waals surface area (Å²) >= 11 is 5.18. The Morgan fingerprint density at radius 2 is 2.00 bits per heavy atom. The number of nitrogens with zero attached hydrogens (tertiary/aromatic N) is 4. The summed E-state index contributed by atoms with van der Waals surface area (Å²) in [5.41, 5.74) is 4.09. The number of hydrogen-bond donors (Lipinski definition) is 2. The molecule has 0 bridgehead atoms. The van der Waals surface area contributed by atoms with Gasteiger partial charge in [-0.2, -0.15) is 0 Å². The second kappa shape index (κ2) is 8.38. The Balaban J connectivity index is 1.67. The van der Waals surface area contributed by atoms with Crippen LogP contribution < -0.4 is 9.62 Å². The SMILES string of the molecule is CSN(C)c1ncccc1CNc1c(Br)cnc2nc(-c3ccc(F)cc3)[nH]c12. The number of aromatic amines is 1. The molecule has 9 heteroatoms. The van der Waals surface area contributed by atoms with Crippen LogP contribution in [0.5, 0.6) is 0 Å². The maximum Gasteiger partial charge on any atom is 0.180 e. The molecule has 0 aliphatic carbocycles. The number of rotatable bonds is 6. The van der Waals surface area contributed by atoms with Gasteiger partial charge in [-0.25, -0.2) is 19.3 Å². The third kappa shape index (κ3) is 4.06. The number of hydrogen-bond acceptors (Lipinski definition) is 6. The summed E-state index contributed by atoms with van der Waals surface area (Å²) in [5.74, 6) is 1.26. The van der Waals surface area contributed by atoms with Crippen molar-refractivity contribution < 1.29 is 4.39 Å². The lowest BCUT2D eigenvalue weighted by molar-refractivity contribution is 0.628. The fourth-order valence-electron chi connectivity index (χ4n) is 2.97. The van der Waals surface area contributed by atoms with Crippen molar-refractivity contribution in [2.45, 2.75) is 6.54 Å². The molecule has 0 fully saturated rings. The molecule has 1 aromatic carbocycles. The molecule has 4 aromatic rings. The van der Waals surface area contributed by atoms with Gasteiger partial charge in [-0.15, -0.1) is 0 Å². The van der Waals surface area contributed by atoms with Crippen LogP contribution in [0.15, 0.2) is 53.3 Å². The zero-order valence-corrected chi connectivity index (χ0v) is 18.2. The van der Waals surface area contributed by atoms with Crippen molar-refractivity contribution >= 4 is 50.5 Å². The lowest BCUT2D eigenvalue weighted by Crippen LogP contribution is -2.12. The van der Waals surface area contributed by atoms with E-state index in [1.165, 1.54) is 12.1 Å². The van der Waals surface area contributed by atoms with Crippen molar-refractivity contribution in [2.75, 3.05) is 22.9 Å². The molecular formula is C20H18BrFN6S. The van der Waals surface area contributed by atoms with Crippen molar-refractivity contribution in [1.29, 1.82) is 0 Å². The van der Waals surface area contributed by atoms with Crippen LogP contribution in [0.2, 0.25) is 0 Å². The average molecular weight is 473 g/mol. The van der Waals surface area contributed by atoms with Crippen molar-refractivity contribution in [1.82, 2.24) is 19.9 Å². The third-order valence-corrected chi connectivity index (χ3v) is 5.81. The Morgan fingerprint density at radius 1 is 1.21 bits per heavy atom. The van der Waals surface area contributed by atoms with Crippen LogP contribution in [0.1, 0.15) is 5.56 Å². The average Bonchev–Trinajstić information content (AvgIpc) is 3.17. The highest BCUT2D eigenvalue weighted by Crippen LogP contribution is 2.32. The summed E-state index contributed by atoms with van der Waals surface area (Å²) < 4.78 is 16.1. The number of benzene rings is 1. The predicted molar refractivity (Wildman–Crippen MR) is 120 cm³/mol. The lowest BCUT2D eigenvalue weighted by atomic mass is 10.2. The quantitative estimate of drug-likeness (QED) is 0.373. The molecule has 29 heavy (non-hydrogen) atoms. The normalized spacial score (nSPS) is 11.0. The van der Waals surface area contributed by atoms with E-state index in [9.17, 15) is 4.39 Å². The van der Waals surface area contributed by atoms with Gasteiger partial charge >= 0.3 is 0 Å². The van der Waals surface area contributed by atoms with Crippen molar-refractivity contribution in [3.63, 3.8) is 0 Å². The van der Waals surface area contributed by atoms with Crippen LogP contribution in [-0.4, -0.2) is 33.2 Å². The van der Waals surface area contributed by atoms with E-state index in [0.29, 0.717) is 18.0 Å². The maximum atomic E-state index is 13.2. The predicted octanol–water partition coefficient (Wildman–Crippen LogP) is 5.25. The monoisotopic (exact) mass is 472 g/mol. The van der Waals surface area contributed by atoms with E-state index >= 15 is 0 Å². The maximum absolute atomic E-state index is 13.2. The number of halogens is 2. The Hall–Kier alpha value is -2.65. The molecular weight excluding hydrogens is 455 g/mol. The Bertz CT molecular complexity index is 1150. The molecule has 0 aliphatic rings. The standard InChI is InChI=1S/C20H18BrFN6S/c1-28(29-2)20-13(4-3-9-23-20)10-24-16-15(21)11-25-19-17(16)26-18(27-19)12-5-7-14(22)8-6-12/h3-9,11H,10H2,1-2H3,(H2,24,25,26,27). The topological polar surface area (TPSA) is 69.7 Å². The second-order valence-corrected chi connectivity index (χ2v) is 8.06. The number of H-pyrrole nitrogens is 1. The number of imidazole rings is 1. The first-order valence-corrected chi connectivity index (χ1v) is 10.8. The van der Waals surface area contributed by atoms with E-state index in [2.05, 4.69) is 41.2 Å². The first kappa shape index (κ1) is 19.7. The number of aromatic nitrogens is 4. The molecule has 0 spiro atoms. The minimum atomic E-state index is -0.282. The summed E-state index contributed by atoms with van der Waals surface area (Å²) in [6.45, 7) is 0.580. The zero-order chi connectivity index (χ0) is 20.4. The molecule has 0 amide bonds. The Labute approximate surface area is 180 Å². The number of anilines is 2. The number of fused-ring (bicyclic) bond motifs is 1. The highest BCUT2D eigenvalue weighted by Gasteiger charge is 2.14. The Morgan fingerprint density at radius 3 is 2.76 bits per heavy atom. The Kier molecular flexibility index (Phi) is 5.68. The summed E-state index contributed by atoms with van der Waals surface area (Å²) in [6, 6.07) is 10.2.